The Kier molecular flexibility index (Phi) is 8.50. The van der Waals surface area contributed by atoms with Crippen LogP contribution in [0.1, 0.15) is 28.1 Å². The highest BCUT2D eigenvalue weighted by atomic mass is 16.6. The van der Waals surface area contributed by atoms with Crippen molar-refractivity contribution in [2.24, 2.45) is 5.10 Å². The first-order chi connectivity index (χ1) is 21.6. The smallest absolute Gasteiger partial charge is 0.318 e. The SMILES string of the molecule is Cc1cc(C=NNC(=O)C(O)(c2ccccc2)c2ccccc2)c(C)n1-c1ccc(Oc2ccc([N+](=O)[O-])cc2[N+](=O)[O-])cc1. The Morgan fingerprint density at radius 1 is 0.867 bits per heavy atom. The molecule has 0 saturated heterocycles. The van der Waals surface area contributed by atoms with Gasteiger partial charge in [0, 0.05) is 28.7 Å². The molecule has 5 aromatic rings. The van der Waals surface area contributed by atoms with E-state index in [4.69, 9.17) is 4.74 Å². The van der Waals surface area contributed by atoms with Gasteiger partial charge in [-0.1, -0.05) is 60.7 Å². The number of aromatic nitrogens is 1. The van der Waals surface area contributed by atoms with Gasteiger partial charge in [0.25, 0.3) is 11.6 Å². The van der Waals surface area contributed by atoms with E-state index in [0.717, 1.165) is 34.8 Å². The summed E-state index contributed by atoms with van der Waals surface area (Å²) in [5, 5.41) is 38.2. The zero-order valence-corrected chi connectivity index (χ0v) is 24.2. The molecule has 0 aliphatic heterocycles. The predicted octanol–water partition coefficient (Wildman–Crippen LogP) is 6.09. The molecule has 2 N–H and O–H groups in total. The molecule has 0 bridgehead atoms. The molecular weight excluding hydrogens is 578 g/mol. The fourth-order valence-electron chi connectivity index (χ4n) is 4.98. The van der Waals surface area contributed by atoms with Gasteiger partial charge < -0.3 is 14.4 Å². The second-order valence-corrected chi connectivity index (χ2v) is 10.1. The molecule has 5 rings (SSSR count). The Balaban J connectivity index is 1.34. The van der Waals surface area contributed by atoms with Crippen LogP contribution in [0, 0.1) is 34.1 Å². The highest BCUT2D eigenvalue weighted by Crippen LogP contribution is 2.35. The van der Waals surface area contributed by atoms with Crippen LogP contribution in [0.2, 0.25) is 0 Å². The number of ether oxygens (including phenoxy) is 1. The molecule has 226 valence electrons. The first-order valence-corrected chi connectivity index (χ1v) is 13.7. The Labute approximate surface area is 257 Å². The summed E-state index contributed by atoms with van der Waals surface area (Å²) in [5.41, 5.74) is 3.55. The second-order valence-electron chi connectivity index (χ2n) is 10.1. The van der Waals surface area contributed by atoms with Crippen molar-refractivity contribution in [1.82, 2.24) is 9.99 Å². The second kappa shape index (κ2) is 12.6. The van der Waals surface area contributed by atoms with Crippen LogP contribution in [0.4, 0.5) is 11.4 Å². The number of nitrogens with zero attached hydrogens (tertiary/aromatic N) is 4. The molecule has 0 radical (unpaired) electrons. The summed E-state index contributed by atoms with van der Waals surface area (Å²) >= 11 is 0. The van der Waals surface area contributed by atoms with Crippen molar-refractivity contribution in [1.29, 1.82) is 0 Å². The molecule has 1 amide bonds. The summed E-state index contributed by atoms with van der Waals surface area (Å²) in [5.74, 6) is -0.542. The van der Waals surface area contributed by atoms with E-state index in [1.165, 1.54) is 12.3 Å². The number of aryl methyl sites for hydroxylation is 1. The standard InChI is InChI=1S/C33H27N5O7/c1-22-19-24(21-34-35-32(39)33(40,25-9-5-3-6-10-25)26-11-7-4-8-12-26)23(2)36(22)27-13-16-29(17-14-27)45-31-18-15-28(37(41)42)20-30(31)38(43)44/h3-21,40H,1-2H3,(H,35,39). The maximum atomic E-state index is 13.3. The number of hydrazone groups is 1. The van der Waals surface area contributed by atoms with Crippen molar-refractivity contribution in [2.45, 2.75) is 19.4 Å². The van der Waals surface area contributed by atoms with Gasteiger partial charge in [0.05, 0.1) is 22.1 Å². The van der Waals surface area contributed by atoms with Gasteiger partial charge >= 0.3 is 5.69 Å². The van der Waals surface area contributed by atoms with E-state index in [9.17, 15) is 30.1 Å². The zero-order chi connectivity index (χ0) is 32.1. The summed E-state index contributed by atoms with van der Waals surface area (Å²) in [6, 6.07) is 29.1. The van der Waals surface area contributed by atoms with Gasteiger partial charge in [0.2, 0.25) is 5.75 Å². The van der Waals surface area contributed by atoms with E-state index in [1.54, 1.807) is 84.9 Å². The molecule has 1 aromatic heterocycles. The lowest BCUT2D eigenvalue weighted by Crippen LogP contribution is -2.43. The van der Waals surface area contributed by atoms with Crippen molar-refractivity contribution in [3.63, 3.8) is 0 Å². The molecule has 0 fully saturated rings. The zero-order valence-electron chi connectivity index (χ0n) is 24.2. The lowest BCUT2D eigenvalue weighted by atomic mass is 9.85. The minimum atomic E-state index is -1.96. The molecule has 0 spiro atoms. The number of amides is 1. The first kappa shape index (κ1) is 30.3. The van der Waals surface area contributed by atoms with Crippen molar-refractivity contribution in [3.8, 4) is 17.2 Å². The van der Waals surface area contributed by atoms with Gasteiger partial charge in [0.15, 0.2) is 5.60 Å². The van der Waals surface area contributed by atoms with Crippen molar-refractivity contribution in [2.75, 3.05) is 0 Å². The maximum Gasteiger partial charge on any atom is 0.318 e. The minimum absolute atomic E-state index is 0.126. The molecule has 0 unspecified atom stereocenters. The molecule has 12 heteroatoms. The summed E-state index contributed by atoms with van der Waals surface area (Å²) in [7, 11) is 0. The van der Waals surface area contributed by atoms with Crippen LogP contribution in [0.5, 0.6) is 11.5 Å². The Morgan fingerprint density at radius 2 is 1.47 bits per heavy atom. The molecule has 0 aliphatic rings. The number of aliphatic hydroxyl groups is 1. The maximum absolute atomic E-state index is 13.3. The van der Waals surface area contributed by atoms with Gasteiger partial charge in [0.1, 0.15) is 5.75 Å². The van der Waals surface area contributed by atoms with E-state index in [2.05, 4.69) is 10.5 Å². The van der Waals surface area contributed by atoms with Gasteiger partial charge in [-0.25, -0.2) is 5.43 Å². The van der Waals surface area contributed by atoms with E-state index in [-0.39, 0.29) is 5.75 Å². The monoisotopic (exact) mass is 605 g/mol. The number of nitrogens with one attached hydrogen (secondary N) is 1. The summed E-state index contributed by atoms with van der Waals surface area (Å²) in [6.07, 6.45) is 1.50. The van der Waals surface area contributed by atoms with Crippen molar-refractivity contribution in [3.05, 3.63) is 158 Å². The van der Waals surface area contributed by atoms with Crippen LogP contribution < -0.4 is 10.2 Å². The van der Waals surface area contributed by atoms with Crippen LogP contribution in [-0.4, -0.2) is 31.6 Å². The number of carbonyl (C=O) groups is 1. The highest BCUT2D eigenvalue weighted by molar-refractivity contribution is 5.91. The van der Waals surface area contributed by atoms with Gasteiger partial charge in [-0.3, -0.25) is 25.0 Å². The third kappa shape index (κ3) is 6.17. The van der Waals surface area contributed by atoms with Crippen LogP contribution in [0.25, 0.3) is 5.69 Å². The number of benzene rings is 4. The largest absolute Gasteiger partial charge is 0.450 e. The fourth-order valence-corrected chi connectivity index (χ4v) is 4.98. The number of hydrogen-bond donors (Lipinski definition) is 2. The molecule has 12 nitrogen and oxygen atoms in total. The minimum Gasteiger partial charge on any atom is -0.450 e. The molecule has 4 aromatic carbocycles. The Hall–Kier alpha value is -6.14. The number of nitro benzene ring substituents is 2. The fraction of sp³-hybridized carbons (Fsp3) is 0.0909. The van der Waals surface area contributed by atoms with Crippen LogP contribution in [0.3, 0.4) is 0 Å². The Morgan fingerprint density at radius 3 is 2.02 bits per heavy atom. The summed E-state index contributed by atoms with van der Waals surface area (Å²) < 4.78 is 7.62. The number of rotatable bonds is 10. The molecular formula is C33H27N5O7. The van der Waals surface area contributed by atoms with Crippen molar-refractivity contribution < 1.29 is 24.5 Å². The van der Waals surface area contributed by atoms with E-state index in [1.807, 2.05) is 24.5 Å². The Bertz CT molecular complexity index is 1860. The lowest BCUT2D eigenvalue weighted by molar-refractivity contribution is -0.394. The third-order valence-corrected chi connectivity index (χ3v) is 7.22. The van der Waals surface area contributed by atoms with Gasteiger partial charge in [-0.05, 0) is 61.4 Å². The molecule has 0 aliphatic carbocycles. The average Bonchev–Trinajstić information content (AvgIpc) is 3.33. The number of hydrogen-bond acceptors (Lipinski definition) is 8. The molecule has 45 heavy (non-hydrogen) atoms. The van der Waals surface area contributed by atoms with Gasteiger partial charge in [-0.2, -0.15) is 5.10 Å². The highest BCUT2D eigenvalue weighted by Gasteiger charge is 2.39. The van der Waals surface area contributed by atoms with Crippen LogP contribution in [0.15, 0.2) is 114 Å². The molecule has 0 atom stereocenters. The summed E-state index contributed by atoms with van der Waals surface area (Å²) in [4.78, 5) is 34.4. The normalized spacial score (nSPS) is 11.4. The van der Waals surface area contributed by atoms with Crippen LogP contribution >= 0.6 is 0 Å². The molecule has 0 saturated carbocycles. The molecule has 1 heterocycles. The third-order valence-electron chi connectivity index (χ3n) is 7.22. The van der Waals surface area contributed by atoms with E-state index >= 15 is 0 Å². The number of carbonyl (C=O) groups excluding carboxylic acids is 1. The first-order valence-electron chi connectivity index (χ1n) is 13.7. The average molecular weight is 606 g/mol. The lowest BCUT2D eigenvalue weighted by Gasteiger charge is -2.27. The predicted molar refractivity (Wildman–Crippen MR) is 167 cm³/mol. The van der Waals surface area contributed by atoms with Crippen LogP contribution in [-0.2, 0) is 10.4 Å². The van der Waals surface area contributed by atoms with Crippen molar-refractivity contribution >= 4 is 23.5 Å². The van der Waals surface area contributed by atoms with E-state index in [0.29, 0.717) is 16.9 Å². The topological polar surface area (TPSA) is 162 Å². The van der Waals surface area contributed by atoms with Gasteiger partial charge in [-0.15, -0.1) is 0 Å². The number of non-ortho nitro benzene ring substituents is 1. The quantitative estimate of drug-likeness (QED) is 0.111. The van der Waals surface area contributed by atoms with E-state index < -0.39 is 32.7 Å². The number of nitro groups is 2. The summed E-state index contributed by atoms with van der Waals surface area (Å²) in [6.45, 7) is 3.78.